The lowest BCUT2D eigenvalue weighted by Crippen LogP contribution is -2.41. The molecule has 166 valence electrons. The Bertz CT molecular complexity index is 910. The van der Waals surface area contributed by atoms with E-state index in [0.29, 0.717) is 32.0 Å². The molecule has 9 heteroatoms. The van der Waals surface area contributed by atoms with Crippen LogP contribution in [0, 0.1) is 0 Å². The van der Waals surface area contributed by atoms with Crippen LogP contribution in [0.3, 0.4) is 0 Å². The summed E-state index contributed by atoms with van der Waals surface area (Å²) < 4.78 is 44.7. The van der Waals surface area contributed by atoms with Gasteiger partial charge in [-0.2, -0.15) is 13.2 Å². The fraction of sp³-hybridized carbons (Fsp3) is 0.364. The molecule has 31 heavy (non-hydrogen) atoms. The smallest absolute Gasteiger partial charge is 0.378 e. The van der Waals surface area contributed by atoms with Crippen LogP contribution in [0.1, 0.15) is 16.7 Å². The fourth-order valence-corrected chi connectivity index (χ4v) is 3.29. The van der Waals surface area contributed by atoms with E-state index >= 15 is 0 Å². The molecule has 0 saturated carbocycles. The lowest BCUT2D eigenvalue weighted by Gasteiger charge is -2.26. The highest BCUT2D eigenvalue weighted by molar-refractivity contribution is 5.89. The molecular formula is C22H24F3N3O3. The number of hydrogen-bond donors (Lipinski definition) is 1. The molecule has 0 aromatic heterocycles. The van der Waals surface area contributed by atoms with Crippen molar-refractivity contribution in [2.75, 3.05) is 38.7 Å². The number of morpholine rings is 1. The van der Waals surface area contributed by atoms with E-state index < -0.39 is 17.8 Å². The van der Waals surface area contributed by atoms with E-state index in [1.54, 1.807) is 29.2 Å². The van der Waals surface area contributed by atoms with Crippen LogP contribution in [0.2, 0.25) is 0 Å². The van der Waals surface area contributed by atoms with Crippen LogP contribution in [-0.2, 0) is 28.7 Å². The average Bonchev–Trinajstić information content (AvgIpc) is 2.75. The number of benzene rings is 2. The number of amides is 3. The van der Waals surface area contributed by atoms with Crippen molar-refractivity contribution in [3.05, 3.63) is 65.2 Å². The molecule has 1 heterocycles. The molecule has 1 saturated heterocycles. The van der Waals surface area contributed by atoms with Gasteiger partial charge in [0.15, 0.2) is 0 Å². The summed E-state index contributed by atoms with van der Waals surface area (Å²) in [6.45, 7) is 2.05. The number of urea groups is 1. The highest BCUT2D eigenvalue weighted by Gasteiger charge is 2.33. The molecule has 0 unspecified atom stereocenters. The summed E-state index contributed by atoms with van der Waals surface area (Å²) >= 11 is 0. The largest absolute Gasteiger partial charge is 0.416 e. The van der Waals surface area contributed by atoms with Gasteiger partial charge in [-0.25, -0.2) is 4.79 Å². The van der Waals surface area contributed by atoms with Gasteiger partial charge >= 0.3 is 12.2 Å². The van der Waals surface area contributed by atoms with Crippen LogP contribution in [0.4, 0.5) is 23.7 Å². The van der Waals surface area contributed by atoms with E-state index in [1.807, 2.05) is 0 Å². The first-order chi connectivity index (χ1) is 14.7. The second-order valence-electron chi connectivity index (χ2n) is 7.31. The minimum absolute atomic E-state index is 0.0168. The van der Waals surface area contributed by atoms with E-state index in [1.165, 1.54) is 30.1 Å². The van der Waals surface area contributed by atoms with Gasteiger partial charge in [-0.15, -0.1) is 0 Å². The number of hydrogen-bond acceptors (Lipinski definition) is 3. The van der Waals surface area contributed by atoms with Crippen LogP contribution >= 0.6 is 0 Å². The number of nitrogens with zero attached hydrogens (tertiary/aromatic N) is 2. The van der Waals surface area contributed by atoms with E-state index in [4.69, 9.17) is 4.74 Å². The number of halogens is 3. The predicted molar refractivity (Wildman–Crippen MR) is 109 cm³/mol. The molecule has 3 amide bonds. The van der Waals surface area contributed by atoms with E-state index in [9.17, 15) is 22.8 Å². The molecule has 1 fully saturated rings. The third-order valence-electron chi connectivity index (χ3n) is 5.00. The zero-order valence-electron chi connectivity index (χ0n) is 17.1. The van der Waals surface area contributed by atoms with Crippen molar-refractivity contribution in [1.29, 1.82) is 0 Å². The monoisotopic (exact) mass is 435 g/mol. The number of anilines is 1. The Morgan fingerprint density at radius 1 is 1.06 bits per heavy atom. The Hall–Kier alpha value is -3.07. The first-order valence-electron chi connectivity index (χ1n) is 9.86. The molecule has 0 aliphatic carbocycles. The third kappa shape index (κ3) is 6.21. The molecule has 1 aliphatic rings. The second kappa shape index (κ2) is 9.82. The molecule has 0 atom stereocenters. The van der Waals surface area contributed by atoms with Crippen molar-refractivity contribution in [3.63, 3.8) is 0 Å². The van der Waals surface area contributed by atoms with Crippen LogP contribution in [0.5, 0.6) is 0 Å². The van der Waals surface area contributed by atoms with Gasteiger partial charge in [-0.05, 0) is 29.3 Å². The van der Waals surface area contributed by atoms with Gasteiger partial charge in [0.05, 0.1) is 25.2 Å². The molecule has 0 bridgehead atoms. The summed E-state index contributed by atoms with van der Waals surface area (Å²) in [6, 6.07) is 11.5. The first kappa shape index (κ1) is 22.6. The van der Waals surface area contributed by atoms with Gasteiger partial charge in [-0.3, -0.25) is 4.79 Å². The number of rotatable bonds is 5. The Morgan fingerprint density at radius 2 is 1.71 bits per heavy atom. The molecule has 3 rings (SSSR count). The van der Waals surface area contributed by atoms with Crippen molar-refractivity contribution in [3.8, 4) is 0 Å². The van der Waals surface area contributed by atoms with Crippen molar-refractivity contribution in [2.45, 2.75) is 19.1 Å². The van der Waals surface area contributed by atoms with Crippen molar-refractivity contribution in [1.82, 2.24) is 9.80 Å². The fourth-order valence-electron chi connectivity index (χ4n) is 3.29. The predicted octanol–water partition coefficient (Wildman–Crippen LogP) is 3.77. The lowest BCUT2D eigenvalue weighted by atomic mass is 10.1. The standard InChI is InChI=1S/C22H24F3N3O3/c1-27(15-17-4-2-3-5-19(17)22(23,24)25)21(30)26-18-8-6-16(7-9-18)14-20(29)28-10-12-31-13-11-28/h2-9H,10-15H2,1H3,(H,26,30). The number of nitrogens with one attached hydrogen (secondary N) is 1. The van der Waals surface area contributed by atoms with Gasteiger partial charge in [-0.1, -0.05) is 30.3 Å². The normalized spacial score (nSPS) is 14.3. The summed E-state index contributed by atoms with van der Waals surface area (Å²) in [6.07, 6.45) is -4.23. The number of ether oxygens (including phenoxy) is 1. The minimum Gasteiger partial charge on any atom is -0.378 e. The van der Waals surface area contributed by atoms with Crippen molar-refractivity contribution in [2.24, 2.45) is 0 Å². The van der Waals surface area contributed by atoms with Crippen LogP contribution < -0.4 is 5.32 Å². The molecule has 6 nitrogen and oxygen atoms in total. The molecule has 0 radical (unpaired) electrons. The molecular weight excluding hydrogens is 411 g/mol. The highest BCUT2D eigenvalue weighted by Crippen LogP contribution is 2.32. The lowest BCUT2D eigenvalue weighted by molar-refractivity contribution is -0.138. The maximum atomic E-state index is 13.1. The second-order valence-corrected chi connectivity index (χ2v) is 7.31. The number of carbonyl (C=O) groups excluding carboxylic acids is 2. The van der Waals surface area contributed by atoms with Gasteiger partial charge in [0.2, 0.25) is 5.91 Å². The van der Waals surface area contributed by atoms with Gasteiger partial charge in [0.25, 0.3) is 0 Å². The zero-order chi connectivity index (χ0) is 22.4. The van der Waals surface area contributed by atoms with Crippen molar-refractivity contribution < 1.29 is 27.5 Å². The highest BCUT2D eigenvalue weighted by atomic mass is 19.4. The average molecular weight is 435 g/mol. The van der Waals surface area contributed by atoms with Gasteiger partial charge < -0.3 is 19.9 Å². The molecule has 1 N–H and O–H groups in total. The summed E-state index contributed by atoms with van der Waals surface area (Å²) in [5.74, 6) is 0.0168. The van der Waals surface area contributed by atoms with Gasteiger partial charge in [0.1, 0.15) is 0 Å². The van der Waals surface area contributed by atoms with Crippen molar-refractivity contribution >= 4 is 17.6 Å². The molecule has 0 spiro atoms. The van der Waals surface area contributed by atoms with E-state index in [-0.39, 0.29) is 24.4 Å². The molecule has 2 aromatic carbocycles. The van der Waals surface area contributed by atoms with Gasteiger partial charge in [0, 0.05) is 32.4 Å². The Balaban J connectivity index is 1.56. The number of carbonyl (C=O) groups is 2. The molecule has 2 aromatic rings. The SMILES string of the molecule is CN(Cc1ccccc1C(F)(F)F)C(=O)Nc1ccc(CC(=O)N2CCOCC2)cc1. The van der Waals surface area contributed by atoms with E-state index in [0.717, 1.165) is 11.6 Å². The first-order valence-corrected chi connectivity index (χ1v) is 9.86. The zero-order valence-corrected chi connectivity index (χ0v) is 17.1. The van der Waals surface area contributed by atoms with Crippen LogP contribution in [-0.4, -0.2) is 55.1 Å². The maximum Gasteiger partial charge on any atom is 0.416 e. The Morgan fingerprint density at radius 3 is 2.35 bits per heavy atom. The van der Waals surface area contributed by atoms with Crippen LogP contribution in [0.15, 0.2) is 48.5 Å². The Kier molecular flexibility index (Phi) is 7.17. The van der Waals surface area contributed by atoms with Crippen LogP contribution in [0.25, 0.3) is 0 Å². The summed E-state index contributed by atoms with van der Waals surface area (Å²) in [7, 11) is 1.43. The Labute approximate surface area is 178 Å². The third-order valence-corrected chi connectivity index (χ3v) is 5.00. The quantitative estimate of drug-likeness (QED) is 0.778. The molecule has 1 aliphatic heterocycles. The minimum atomic E-state index is -4.48. The summed E-state index contributed by atoms with van der Waals surface area (Å²) in [4.78, 5) is 27.7. The van der Waals surface area contributed by atoms with E-state index in [2.05, 4.69) is 5.32 Å². The maximum absolute atomic E-state index is 13.1. The topological polar surface area (TPSA) is 61.9 Å². The summed E-state index contributed by atoms with van der Waals surface area (Å²) in [5, 5.41) is 2.66. The number of alkyl halides is 3. The summed E-state index contributed by atoms with van der Waals surface area (Å²) in [5.41, 5.74) is 0.555.